The lowest BCUT2D eigenvalue weighted by Gasteiger charge is -2.25. The number of aromatic nitrogens is 1. The molecule has 1 fully saturated rings. The van der Waals surface area contributed by atoms with Gasteiger partial charge in [0.05, 0.1) is 5.56 Å². The fourth-order valence-electron chi connectivity index (χ4n) is 4.18. The van der Waals surface area contributed by atoms with Gasteiger partial charge in [-0.25, -0.2) is 8.78 Å². The quantitative estimate of drug-likeness (QED) is 0.589. The van der Waals surface area contributed by atoms with Crippen molar-refractivity contribution in [3.63, 3.8) is 0 Å². The zero-order chi connectivity index (χ0) is 21.1. The summed E-state index contributed by atoms with van der Waals surface area (Å²) in [7, 11) is 0. The maximum absolute atomic E-state index is 14.1. The number of halogens is 2. The molecule has 0 radical (unpaired) electrons. The van der Waals surface area contributed by atoms with Gasteiger partial charge < -0.3 is 15.6 Å². The third kappa shape index (κ3) is 4.22. The number of nitrogens with one attached hydrogen (secondary N) is 1. The summed E-state index contributed by atoms with van der Waals surface area (Å²) in [5.74, 6) is -1.61. The van der Waals surface area contributed by atoms with E-state index in [1.54, 1.807) is 12.1 Å². The largest absolute Gasteiger partial charge is 0.382 e. The Hall–Kier alpha value is -3.15. The van der Waals surface area contributed by atoms with Crippen molar-refractivity contribution in [2.45, 2.75) is 44.6 Å². The monoisotopic (exact) mass is 409 g/mol. The molecule has 1 aliphatic carbocycles. The van der Waals surface area contributed by atoms with E-state index >= 15 is 0 Å². The lowest BCUT2D eigenvalue weighted by atomic mass is 9.95. The molecule has 30 heavy (non-hydrogen) atoms. The summed E-state index contributed by atoms with van der Waals surface area (Å²) in [6.45, 7) is 0. The molecule has 156 valence electrons. The first-order chi connectivity index (χ1) is 14.5. The number of primary amides is 1. The SMILES string of the molecule is NC(=O)c1ccc(-n2cccc2Cc2c(F)cccc2F)cc1NC1CCCCC1. The summed E-state index contributed by atoms with van der Waals surface area (Å²) in [6.07, 6.45) is 7.65. The first kappa shape index (κ1) is 20.1. The molecule has 0 spiro atoms. The van der Waals surface area contributed by atoms with E-state index in [0.717, 1.165) is 24.2 Å². The Bertz CT molecular complexity index is 1030. The van der Waals surface area contributed by atoms with Crippen LogP contribution in [0.15, 0.2) is 54.7 Å². The van der Waals surface area contributed by atoms with Gasteiger partial charge >= 0.3 is 0 Å². The van der Waals surface area contributed by atoms with Gasteiger partial charge in [0, 0.05) is 41.3 Å². The Morgan fingerprint density at radius 1 is 1.03 bits per heavy atom. The summed E-state index contributed by atoms with van der Waals surface area (Å²) in [5.41, 5.74) is 8.31. The number of carbonyl (C=O) groups excluding carboxylic acids is 1. The fraction of sp³-hybridized carbons (Fsp3) is 0.292. The van der Waals surface area contributed by atoms with Gasteiger partial charge in [0.25, 0.3) is 5.91 Å². The number of hydrogen-bond donors (Lipinski definition) is 2. The van der Waals surface area contributed by atoms with Crippen molar-refractivity contribution in [3.8, 4) is 5.69 Å². The maximum atomic E-state index is 14.1. The Labute approximate surface area is 174 Å². The molecule has 1 aliphatic rings. The Balaban J connectivity index is 1.67. The van der Waals surface area contributed by atoms with E-state index in [4.69, 9.17) is 5.73 Å². The van der Waals surface area contributed by atoms with Gasteiger partial charge in [-0.3, -0.25) is 4.79 Å². The van der Waals surface area contributed by atoms with Crippen LogP contribution in [0.5, 0.6) is 0 Å². The van der Waals surface area contributed by atoms with E-state index < -0.39 is 17.5 Å². The molecule has 0 bridgehead atoms. The Kier molecular flexibility index (Phi) is 5.84. The van der Waals surface area contributed by atoms with E-state index in [2.05, 4.69) is 5.32 Å². The molecule has 6 heteroatoms. The predicted octanol–water partition coefficient (Wildman–Crippen LogP) is 5.19. The van der Waals surface area contributed by atoms with Crippen molar-refractivity contribution >= 4 is 11.6 Å². The van der Waals surface area contributed by atoms with Gasteiger partial charge in [-0.1, -0.05) is 25.3 Å². The van der Waals surface area contributed by atoms with E-state index in [-0.39, 0.29) is 12.0 Å². The van der Waals surface area contributed by atoms with Crippen LogP contribution in [-0.2, 0) is 6.42 Å². The molecule has 1 aromatic heterocycles. The predicted molar refractivity (Wildman–Crippen MR) is 114 cm³/mol. The second kappa shape index (κ2) is 8.69. The first-order valence-electron chi connectivity index (χ1n) is 10.3. The van der Waals surface area contributed by atoms with Gasteiger partial charge in [0.15, 0.2) is 0 Å². The van der Waals surface area contributed by atoms with Gasteiger partial charge in [-0.2, -0.15) is 0 Å². The number of carbonyl (C=O) groups is 1. The average Bonchev–Trinajstić information content (AvgIpc) is 3.20. The lowest BCUT2D eigenvalue weighted by Crippen LogP contribution is -2.24. The molecule has 0 aliphatic heterocycles. The molecule has 1 heterocycles. The Morgan fingerprint density at radius 2 is 1.77 bits per heavy atom. The van der Waals surface area contributed by atoms with Crippen molar-refractivity contribution < 1.29 is 13.6 Å². The summed E-state index contributed by atoms with van der Waals surface area (Å²) in [4.78, 5) is 11.9. The zero-order valence-electron chi connectivity index (χ0n) is 16.7. The van der Waals surface area contributed by atoms with Crippen molar-refractivity contribution in [1.82, 2.24) is 4.57 Å². The topological polar surface area (TPSA) is 60.1 Å². The summed E-state index contributed by atoms with van der Waals surface area (Å²) in [6, 6.07) is 13.3. The third-order valence-electron chi connectivity index (χ3n) is 5.76. The second-order valence-electron chi connectivity index (χ2n) is 7.82. The molecule has 4 nitrogen and oxygen atoms in total. The van der Waals surface area contributed by atoms with Gasteiger partial charge in [-0.15, -0.1) is 0 Å². The van der Waals surface area contributed by atoms with Crippen LogP contribution < -0.4 is 11.1 Å². The smallest absolute Gasteiger partial charge is 0.250 e. The van der Waals surface area contributed by atoms with E-state index in [9.17, 15) is 13.6 Å². The van der Waals surface area contributed by atoms with Crippen LogP contribution in [0.2, 0.25) is 0 Å². The first-order valence-corrected chi connectivity index (χ1v) is 10.3. The number of nitrogens with two attached hydrogens (primary N) is 1. The number of anilines is 1. The van der Waals surface area contributed by atoms with Crippen molar-refractivity contribution in [3.05, 3.63) is 83.2 Å². The van der Waals surface area contributed by atoms with Crippen LogP contribution in [0.4, 0.5) is 14.5 Å². The maximum Gasteiger partial charge on any atom is 0.250 e. The van der Waals surface area contributed by atoms with Crippen LogP contribution in [-0.4, -0.2) is 16.5 Å². The summed E-state index contributed by atoms with van der Waals surface area (Å²) < 4.78 is 30.1. The van der Waals surface area contributed by atoms with E-state index in [1.165, 1.54) is 37.5 Å². The normalized spacial score (nSPS) is 14.6. The van der Waals surface area contributed by atoms with Gasteiger partial charge in [0.2, 0.25) is 0 Å². The molecule has 3 aromatic rings. The van der Waals surface area contributed by atoms with Crippen molar-refractivity contribution in [2.75, 3.05) is 5.32 Å². The van der Waals surface area contributed by atoms with Crippen LogP contribution in [0.3, 0.4) is 0 Å². The number of benzene rings is 2. The molecule has 0 saturated heterocycles. The molecular weight excluding hydrogens is 384 g/mol. The minimum absolute atomic E-state index is 0.0340. The molecule has 4 rings (SSSR count). The average molecular weight is 409 g/mol. The molecular formula is C24H25F2N3O. The lowest BCUT2D eigenvalue weighted by molar-refractivity contribution is 0.100. The van der Waals surface area contributed by atoms with Crippen molar-refractivity contribution in [1.29, 1.82) is 0 Å². The number of rotatable bonds is 6. The van der Waals surface area contributed by atoms with Crippen LogP contribution in [0.1, 0.15) is 53.7 Å². The van der Waals surface area contributed by atoms with E-state index in [1.807, 2.05) is 29.0 Å². The summed E-state index contributed by atoms with van der Waals surface area (Å²) in [5, 5.41) is 3.49. The highest BCUT2D eigenvalue weighted by Crippen LogP contribution is 2.27. The standard InChI is InChI=1S/C24H25F2N3O/c25-21-9-4-10-22(26)20(21)14-17-8-5-13-29(17)18-11-12-19(24(27)30)23(15-18)28-16-6-2-1-3-7-16/h4-5,8-13,15-16,28H,1-3,6-7,14H2,(H2,27,30). The minimum Gasteiger partial charge on any atom is -0.382 e. The molecule has 0 unspecified atom stereocenters. The molecule has 1 saturated carbocycles. The van der Waals surface area contributed by atoms with Gasteiger partial charge in [0.1, 0.15) is 11.6 Å². The van der Waals surface area contributed by atoms with Crippen LogP contribution in [0, 0.1) is 11.6 Å². The highest BCUT2D eigenvalue weighted by atomic mass is 19.1. The van der Waals surface area contributed by atoms with E-state index in [0.29, 0.717) is 17.3 Å². The Morgan fingerprint density at radius 3 is 2.47 bits per heavy atom. The zero-order valence-corrected chi connectivity index (χ0v) is 16.7. The molecule has 3 N–H and O–H groups in total. The van der Waals surface area contributed by atoms with Crippen molar-refractivity contribution in [2.24, 2.45) is 5.73 Å². The van der Waals surface area contributed by atoms with Gasteiger partial charge in [-0.05, 0) is 55.3 Å². The highest BCUT2D eigenvalue weighted by Gasteiger charge is 2.18. The third-order valence-corrected chi connectivity index (χ3v) is 5.76. The van der Waals surface area contributed by atoms with Crippen LogP contribution >= 0.6 is 0 Å². The second-order valence-corrected chi connectivity index (χ2v) is 7.82. The number of amides is 1. The summed E-state index contributed by atoms with van der Waals surface area (Å²) >= 11 is 0. The molecule has 1 amide bonds. The number of nitrogens with zero attached hydrogens (tertiary/aromatic N) is 1. The highest BCUT2D eigenvalue weighted by molar-refractivity contribution is 5.99. The number of hydrogen-bond acceptors (Lipinski definition) is 2. The molecule has 0 atom stereocenters. The van der Waals surface area contributed by atoms with Crippen LogP contribution in [0.25, 0.3) is 5.69 Å². The minimum atomic E-state index is -0.563. The molecule has 2 aromatic carbocycles. The fourth-order valence-corrected chi connectivity index (χ4v) is 4.18.